The zero-order chi connectivity index (χ0) is 45.3. The summed E-state index contributed by atoms with van der Waals surface area (Å²) < 4.78 is 18.6. The molecule has 13 nitrogen and oxygen atoms in total. The van der Waals surface area contributed by atoms with Crippen LogP contribution in [0.15, 0.2) is 72.3 Å². The first-order valence-corrected chi connectivity index (χ1v) is 31.3. The summed E-state index contributed by atoms with van der Waals surface area (Å²) in [6.45, 7) is 27.8. The molecule has 2 atom stereocenters. The van der Waals surface area contributed by atoms with E-state index in [1.807, 2.05) is 53.2 Å². The molecule has 0 spiro atoms. The number of benzene rings is 1. The quantitative estimate of drug-likeness (QED) is 0.0519. The fraction of sp³-hybridized carbons (Fsp3) is 0.574. The number of halogens is 1. The van der Waals surface area contributed by atoms with Crippen LogP contribution in [0.5, 0.6) is 0 Å². The van der Waals surface area contributed by atoms with E-state index in [9.17, 15) is 9.90 Å². The molecule has 2 aliphatic rings. The molecule has 4 aromatic heterocycles. The first-order chi connectivity index (χ1) is 29.9. The third kappa shape index (κ3) is 14.8. The Morgan fingerprint density at radius 3 is 2.14 bits per heavy atom. The maximum atomic E-state index is 14.2. The zero-order valence-electron chi connectivity index (χ0n) is 39.3. The Morgan fingerprint density at radius 2 is 1.52 bits per heavy atom. The van der Waals surface area contributed by atoms with Gasteiger partial charge in [-0.3, -0.25) is 14.7 Å². The number of aliphatic hydroxyl groups is 1. The van der Waals surface area contributed by atoms with E-state index in [4.69, 9.17) is 9.47 Å². The molecule has 0 bridgehead atoms. The first-order valence-electron chi connectivity index (χ1n) is 22.8. The van der Waals surface area contributed by atoms with E-state index in [-0.39, 0.29) is 23.6 Å². The van der Waals surface area contributed by atoms with E-state index >= 15 is 0 Å². The van der Waals surface area contributed by atoms with Crippen LogP contribution >= 0.6 is 22.6 Å². The highest BCUT2D eigenvalue weighted by Gasteiger charge is 2.28. The van der Waals surface area contributed by atoms with Crippen molar-refractivity contribution in [1.82, 2.24) is 34.0 Å². The lowest BCUT2D eigenvalue weighted by Gasteiger charge is -2.40. The van der Waals surface area contributed by atoms with Gasteiger partial charge in [0.25, 0.3) is 0 Å². The fourth-order valence-corrected chi connectivity index (χ4v) is 10.1. The number of anilines is 2. The lowest BCUT2D eigenvalue weighted by atomic mass is 10.0. The molecule has 2 aliphatic heterocycles. The third-order valence-electron chi connectivity index (χ3n) is 11.8. The summed E-state index contributed by atoms with van der Waals surface area (Å²) in [4.78, 5) is 25.8. The summed E-state index contributed by atoms with van der Waals surface area (Å²) in [6, 6.07) is 13.2. The molecule has 7 rings (SSSR count). The minimum absolute atomic E-state index is 0.0962. The molecule has 1 aromatic carbocycles. The van der Waals surface area contributed by atoms with Gasteiger partial charge in [-0.25, -0.2) is 9.36 Å². The van der Waals surface area contributed by atoms with Crippen LogP contribution in [-0.4, -0.2) is 107 Å². The normalized spacial score (nSPS) is 17.3. The molecule has 5 aromatic rings. The van der Waals surface area contributed by atoms with Gasteiger partial charge < -0.3 is 28.9 Å². The molecule has 16 heteroatoms. The number of hydrogen-bond donors (Lipinski definition) is 1. The lowest BCUT2D eigenvalue weighted by molar-refractivity contribution is 0.0785. The number of pyridine rings is 2. The molecule has 6 heterocycles. The van der Waals surface area contributed by atoms with Gasteiger partial charge in [0.2, 0.25) is 0 Å². The Hall–Kier alpha value is -3.40. The van der Waals surface area contributed by atoms with Gasteiger partial charge in [-0.15, -0.1) is 0 Å². The number of aryl methyl sites for hydroxylation is 1. The van der Waals surface area contributed by atoms with Gasteiger partial charge in [-0.1, -0.05) is 39.3 Å². The minimum atomic E-state index is -1.13. The Balaban J connectivity index is 0.000000402. The molecule has 2 fully saturated rings. The lowest BCUT2D eigenvalue weighted by Crippen LogP contribution is -2.48. The molecule has 2 saturated heterocycles. The summed E-state index contributed by atoms with van der Waals surface area (Å²) in [7, 11) is -2.08. The predicted molar refractivity (Wildman–Crippen MR) is 270 cm³/mol. The van der Waals surface area contributed by atoms with Gasteiger partial charge in [0.15, 0.2) is 5.43 Å². The van der Waals surface area contributed by atoms with E-state index in [1.165, 1.54) is 11.6 Å². The summed E-state index contributed by atoms with van der Waals surface area (Å²) in [5.41, 5.74) is 6.24. The number of hydrogen-bond acceptors (Lipinski definition) is 10. The molecule has 0 unspecified atom stereocenters. The summed E-state index contributed by atoms with van der Waals surface area (Å²) in [6.07, 6.45) is 14.5. The van der Waals surface area contributed by atoms with Crippen LogP contribution < -0.4 is 15.2 Å². The Bertz CT molecular complexity index is 2280. The van der Waals surface area contributed by atoms with Crippen molar-refractivity contribution < 1.29 is 14.6 Å². The van der Waals surface area contributed by atoms with Crippen molar-refractivity contribution in [2.45, 2.75) is 136 Å². The topological polar surface area (TPSA) is 119 Å². The fourth-order valence-electron chi connectivity index (χ4n) is 8.13. The van der Waals surface area contributed by atoms with E-state index < -0.39 is 16.1 Å². The second-order valence-corrected chi connectivity index (χ2v) is 32.6. The van der Waals surface area contributed by atoms with Crippen LogP contribution in [0.1, 0.15) is 56.0 Å². The Morgan fingerprint density at radius 1 is 0.841 bits per heavy atom. The number of rotatable bonds is 18. The van der Waals surface area contributed by atoms with Crippen LogP contribution in [0.3, 0.4) is 0 Å². The summed E-state index contributed by atoms with van der Waals surface area (Å²) in [5, 5.41) is 19.7. The van der Waals surface area contributed by atoms with E-state index in [2.05, 4.69) is 141 Å². The number of fused-ring (bicyclic) bond motifs is 1. The standard InChI is InChI=1S/C38H55N7O3Si.C9H17IN2OSi/c1-28(2)45-23-31(38(47)36-10-9-32(19-37(36)45)42-15-12-35(46)26-42)22-43(21-30-11-13-39-29(3)18-30)33-8-7-14-41(24-33)34-20-40-44(25-34)27-48-16-17-49(4,5)6;1-14(2,3)5-4-13-8-12-7-9(10)6-11-12/h9-11,13,18-20,23,25,28,33,35,46H,7-8,12,14-17,21-22,24,26-27H2,1-6H3;6-7H,4-5,8H2,1-3H3/t33-,35+;/m0./s1. The van der Waals surface area contributed by atoms with Crippen molar-refractivity contribution in [3.05, 3.63) is 98.1 Å². The van der Waals surface area contributed by atoms with E-state index in [0.29, 0.717) is 26.6 Å². The van der Waals surface area contributed by atoms with Crippen LogP contribution in [0, 0.1) is 10.5 Å². The van der Waals surface area contributed by atoms with Gasteiger partial charge >= 0.3 is 0 Å². The van der Waals surface area contributed by atoms with Crippen LogP contribution in [0.2, 0.25) is 51.4 Å². The summed E-state index contributed by atoms with van der Waals surface area (Å²) >= 11 is 2.24. The highest BCUT2D eigenvalue weighted by atomic mass is 127. The zero-order valence-corrected chi connectivity index (χ0v) is 43.4. The smallest absolute Gasteiger partial charge is 0.193 e. The van der Waals surface area contributed by atoms with Crippen LogP contribution in [0.4, 0.5) is 11.4 Å². The number of aromatic nitrogens is 6. The summed E-state index contributed by atoms with van der Waals surface area (Å²) in [5.74, 6) is 0. The first kappa shape index (κ1) is 49.0. The van der Waals surface area contributed by atoms with E-state index in [0.717, 1.165) is 102 Å². The molecule has 0 aliphatic carbocycles. The largest absolute Gasteiger partial charge is 0.391 e. The Labute approximate surface area is 390 Å². The van der Waals surface area contributed by atoms with Gasteiger partial charge in [-0.2, -0.15) is 10.2 Å². The Kier molecular flexibility index (Phi) is 17.3. The number of ether oxygens (including phenoxy) is 2. The molecule has 0 amide bonds. The number of nitrogens with zero attached hydrogens (tertiary/aromatic N) is 9. The van der Waals surface area contributed by atoms with Gasteiger partial charge in [-0.05, 0) is 111 Å². The van der Waals surface area contributed by atoms with Gasteiger partial charge in [0.05, 0.1) is 39.5 Å². The molecular formula is C47H72IN9O4Si2. The predicted octanol–water partition coefficient (Wildman–Crippen LogP) is 8.84. The van der Waals surface area contributed by atoms with Crippen molar-refractivity contribution in [2.24, 2.45) is 0 Å². The van der Waals surface area contributed by atoms with Crippen molar-refractivity contribution in [3.8, 4) is 0 Å². The molecular weight excluding hydrogens is 938 g/mol. The molecule has 344 valence electrons. The van der Waals surface area contributed by atoms with E-state index in [1.54, 1.807) is 0 Å². The SMILES string of the molecule is C[Si](C)(C)CCOCn1cc(I)cn1.Cc1cc(CN(Cc2cn(C(C)C)c3cc(N4CC[C@@H](O)C4)ccc3c2=O)[C@H]2CCCN(c3cnn(COCC[Si](C)(C)C)c3)C2)ccn1. The average Bonchev–Trinajstić information content (AvgIpc) is 4.00. The van der Waals surface area contributed by atoms with Crippen molar-refractivity contribution in [3.63, 3.8) is 0 Å². The second-order valence-electron chi connectivity index (χ2n) is 20.2. The van der Waals surface area contributed by atoms with Crippen molar-refractivity contribution >= 4 is 61.0 Å². The number of aliphatic hydroxyl groups excluding tert-OH is 1. The number of β-amino-alcohol motifs (C(OH)–C–C–N with tert-alkyl or cyclic N) is 1. The van der Waals surface area contributed by atoms with Crippen molar-refractivity contribution in [2.75, 3.05) is 49.2 Å². The highest BCUT2D eigenvalue weighted by molar-refractivity contribution is 14.1. The van der Waals surface area contributed by atoms with Gasteiger partial charge in [0, 0.05) is 122 Å². The number of piperidine rings is 1. The minimum Gasteiger partial charge on any atom is -0.391 e. The third-order valence-corrected chi connectivity index (χ3v) is 15.8. The molecule has 63 heavy (non-hydrogen) atoms. The maximum absolute atomic E-state index is 14.2. The molecule has 0 radical (unpaired) electrons. The highest BCUT2D eigenvalue weighted by Crippen LogP contribution is 2.29. The molecule has 0 saturated carbocycles. The van der Waals surface area contributed by atoms with Gasteiger partial charge in [0.1, 0.15) is 13.5 Å². The second kappa shape index (κ2) is 22.2. The maximum Gasteiger partial charge on any atom is 0.193 e. The molecule has 1 N–H and O–H groups in total. The average molecular weight is 1010 g/mol. The van der Waals surface area contributed by atoms with Crippen LogP contribution in [0.25, 0.3) is 10.9 Å². The van der Waals surface area contributed by atoms with Crippen molar-refractivity contribution in [1.29, 1.82) is 0 Å². The van der Waals surface area contributed by atoms with Crippen LogP contribution in [-0.2, 0) is 36.0 Å². The monoisotopic (exact) mass is 1010 g/mol.